The van der Waals surface area contributed by atoms with Gasteiger partial charge >= 0.3 is 5.97 Å². The van der Waals surface area contributed by atoms with Crippen molar-refractivity contribution in [2.75, 3.05) is 11.9 Å². The Morgan fingerprint density at radius 2 is 1.79 bits per heavy atom. The van der Waals surface area contributed by atoms with Crippen molar-refractivity contribution in [1.29, 1.82) is 5.26 Å². The maximum Gasteiger partial charge on any atom is 0.308 e. The summed E-state index contributed by atoms with van der Waals surface area (Å²) in [7, 11) is 0. The van der Waals surface area contributed by atoms with Crippen LogP contribution in [0, 0.1) is 34.8 Å². The normalized spacial score (nSPS) is 16.8. The molecule has 0 aliphatic heterocycles. The highest BCUT2D eigenvalue weighted by atomic mass is 19.2. The van der Waals surface area contributed by atoms with Gasteiger partial charge in [0.25, 0.3) is 11.8 Å². The van der Waals surface area contributed by atoms with Crippen molar-refractivity contribution in [3.05, 3.63) is 77.2 Å². The van der Waals surface area contributed by atoms with Crippen LogP contribution in [-0.4, -0.2) is 23.6 Å². The number of aromatic nitrogens is 1. The van der Waals surface area contributed by atoms with E-state index in [0.717, 1.165) is 5.56 Å². The molecule has 1 aliphatic carbocycles. The summed E-state index contributed by atoms with van der Waals surface area (Å²) in [6, 6.07) is 15.0. The van der Waals surface area contributed by atoms with Gasteiger partial charge in [0, 0.05) is 12.1 Å². The van der Waals surface area contributed by atoms with Crippen LogP contribution in [0.1, 0.15) is 43.7 Å². The van der Waals surface area contributed by atoms with Crippen molar-refractivity contribution in [3.8, 4) is 23.4 Å². The average molecular weight is 526 g/mol. The van der Waals surface area contributed by atoms with Crippen molar-refractivity contribution in [1.82, 2.24) is 4.98 Å². The fourth-order valence-corrected chi connectivity index (χ4v) is 4.24. The summed E-state index contributed by atoms with van der Waals surface area (Å²) in [5.41, 5.74) is 0.325. The first-order chi connectivity index (χ1) is 18.4. The van der Waals surface area contributed by atoms with E-state index < -0.39 is 35.2 Å². The smallest absolute Gasteiger partial charge is 0.308 e. The molecule has 4 rings (SSSR count). The van der Waals surface area contributed by atoms with Gasteiger partial charge in [0.15, 0.2) is 11.5 Å². The lowest BCUT2D eigenvalue weighted by Gasteiger charge is -2.28. The number of anilines is 1. The Kier molecular flexibility index (Phi) is 8.69. The summed E-state index contributed by atoms with van der Waals surface area (Å²) in [6.07, 6.45) is 1.81. The van der Waals surface area contributed by atoms with Crippen LogP contribution in [0.2, 0.25) is 0 Å². The molecule has 1 aromatic heterocycles. The molecule has 0 bridgehead atoms. The first kappa shape index (κ1) is 26.8. The highest BCUT2D eigenvalue weighted by Crippen LogP contribution is 2.37. The third-order valence-corrected chi connectivity index (χ3v) is 6.22. The van der Waals surface area contributed by atoms with Crippen LogP contribution in [0.15, 0.2) is 48.5 Å². The SMILES string of the molecule is CCOC(=O)C1CCC(Nc2c(F)c(F)nc(Oc3cc(C#N)ccc3OCc3ccccc3)c2F)CC1. The molecule has 198 valence electrons. The number of carbonyl (C=O) groups excluding carboxylic acids is 1. The minimum Gasteiger partial charge on any atom is -0.485 e. The number of rotatable bonds is 9. The first-order valence-electron chi connectivity index (χ1n) is 12.3. The average Bonchev–Trinajstić information content (AvgIpc) is 2.94. The number of esters is 1. The highest BCUT2D eigenvalue weighted by Gasteiger charge is 2.30. The second kappa shape index (κ2) is 12.3. The fourth-order valence-electron chi connectivity index (χ4n) is 4.24. The lowest BCUT2D eigenvalue weighted by atomic mass is 9.86. The van der Waals surface area contributed by atoms with Gasteiger partial charge < -0.3 is 19.5 Å². The number of carbonyl (C=O) groups is 1. The number of hydrogen-bond acceptors (Lipinski definition) is 7. The zero-order valence-electron chi connectivity index (χ0n) is 20.7. The topological polar surface area (TPSA) is 93.5 Å². The zero-order chi connectivity index (χ0) is 27.1. The van der Waals surface area contributed by atoms with Crippen LogP contribution in [0.5, 0.6) is 17.4 Å². The molecule has 10 heteroatoms. The van der Waals surface area contributed by atoms with E-state index in [1.807, 2.05) is 36.4 Å². The Morgan fingerprint density at radius 3 is 2.47 bits per heavy atom. The predicted octanol–water partition coefficient (Wildman–Crippen LogP) is 6.28. The summed E-state index contributed by atoms with van der Waals surface area (Å²) in [5.74, 6) is -5.57. The molecular weight excluding hydrogens is 499 g/mol. The number of benzene rings is 2. The van der Waals surface area contributed by atoms with Crippen molar-refractivity contribution in [3.63, 3.8) is 0 Å². The molecular formula is C28H26F3N3O4. The van der Waals surface area contributed by atoms with Crippen LogP contribution in [-0.2, 0) is 16.1 Å². The Morgan fingerprint density at radius 1 is 1.05 bits per heavy atom. The maximum absolute atomic E-state index is 15.4. The largest absolute Gasteiger partial charge is 0.485 e. The van der Waals surface area contributed by atoms with Crippen LogP contribution in [0.25, 0.3) is 0 Å². The van der Waals surface area contributed by atoms with E-state index in [-0.39, 0.29) is 42.2 Å². The van der Waals surface area contributed by atoms with Gasteiger partial charge in [-0.3, -0.25) is 4.79 Å². The molecule has 0 spiro atoms. The quantitative estimate of drug-likeness (QED) is 0.260. The summed E-state index contributed by atoms with van der Waals surface area (Å²) in [6.45, 7) is 2.16. The molecule has 1 N–H and O–H groups in total. The van der Waals surface area contributed by atoms with Gasteiger partial charge in [0.2, 0.25) is 11.6 Å². The minimum atomic E-state index is -1.55. The number of ether oxygens (including phenoxy) is 3. The Bertz CT molecular complexity index is 1320. The Labute approximate surface area is 218 Å². The molecule has 3 aromatic rings. The molecule has 0 amide bonds. The maximum atomic E-state index is 15.4. The van der Waals surface area contributed by atoms with Crippen molar-refractivity contribution >= 4 is 11.7 Å². The first-order valence-corrected chi connectivity index (χ1v) is 12.3. The lowest BCUT2D eigenvalue weighted by Crippen LogP contribution is -2.31. The van der Waals surface area contributed by atoms with E-state index in [1.165, 1.54) is 18.2 Å². The predicted molar refractivity (Wildman–Crippen MR) is 132 cm³/mol. The van der Waals surface area contributed by atoms with Crippen molar-refractivity contribution in [2.45, 2.75) is 45.3 Å². The van der Waals surface area contributed by atoms with E-state index in [4.69, 9.17) is 14.2 Å². The second-order valence-corrected chi connectivity index (χ2v) is 8.81. The van der Waals surface area contributed by atoms with Gasteiger partial charge in [-0.05, 0) is 50.3 Å². The number of pyridine rings is 1. The van der Waals surface area contributed by atoms with E-state index in [2.05, 4.69) is 10.3 Å². The van der Waals surface area contributed by atoms with Gasteiger partial charge in [0.05, 0.1) is 24.2 Å². The fraction of sp³-hybridized carbons (Fsp3) is 0.321. The zero-order valence-corrected chi connectivity index (χ0v) is 20.7. The molecule has 7 nitrogen and oxygen atoms in total. The van der Waals surface area contributed by atoms with Gasteiger partial charge in [-0.1, -0.05) is 30.3 Å². The summed E-state index contributed by atoms with van der Waals surface area (Å²) >= 11 is 0. The number of nitrogens with one attached hydrogen (secondary N) is 1. The molecule has 0 saturated heterocycles. The highest BCUT2D eigenvalue weighted by molar-refractivity contribution is 5.72. The van der Waals surface area contributed by atoms with Crippen LogP contribution >= 0.6 is 0 Å². The summed E-state index contributed by atoms with van der Waals surface area (Å²) < 4.78 is 60.8. The van der Waals surface area contributed by atoms with Gasteiger partial charge in [-0.2, -0.15) is 23.4 Å². The number of hydrogen-bond donors (Lipinski definition) is 1. The Hall–Kier alpha value is -4.26. The third-order valence-electron chi connectivity index (χ3n) is 6.22. The monoisotopic (exact) mass is 525 g/mol. The molecule has 1 heterocycles. The van der Waals surface area contributed by atoms with E-state index in [0.29, 0.717) is 25.7 Å². The second-order valence-electron chi connectivity index (χ2n) is 8.81. The molecule has 0 atom stereocenters. The van der Waals surface area contributed by atoms with Gasteiger partial charge in [0.1, 0.15) is 12.3 Å². The summed E-state index contributed by atoms with van der Waals surface area (Å²) in [5, 5.41) is 12.0. The summed E-state index contributed by atoms with van der Waals surface area (Å²) in [4.78, 5) is 15.3. The molecule has 2 aromatic carbocycles. The molecule has 1 aliphatic rings. The van der Waals surface area contributed by atoms with Crippen molar-refractivity contribution in [2.24, 2.45) is 5.92 Å². The lowest BCUT2D eigenvalue weighted by molar-refractivity contribution is -0.149. The molecule has 38 heavy (non-hydrogen) atoms. The van der Waals surface area contributed by atoms with Crippen LogP contribution < -0.4 is 14.8 Å². The van der Waals surface area contributed by atoms with E-state index in [9.17, 15) is 18.8 Å². The minimum absolute atomic E-state index is 0.0849. The number of halogens is 3. The van der Waals surface area contributed by atoms with Crippen LogP contribution in [0.4, 0.5) is 18.9 Å². The molecule has 0 radical (unpaired) electrons. The number of nitriles is 1. The van der Waals surface area contributed by atoms with Gasteiger partial charge in [-0.15, -0.1) is 0 Å². The Balaban J connectivity index is 1.54. The van der Waals surface area contributed by atoms with Crippen molar-refractivity contribution < 1.29 is 32.2 Å². The number of nitrogens with zero attached hydrogens (tertiary/aromatic N) is 2. The molecule has 1 fully saturated rings. The van der Waals surface area contributed by atoms with E-state index in [1.54, 1.807) is 6.92 Å². The van der Waals surface area contributed by atoms with Gasteiger partial charge in [-0.25, -0.2) is 0 Å². The molecule has 0 unspecified atom stereocenters. The standard InChI is InChI=1S/C28H26F3N3O4/c1-2-36-28(35)19-9-11-20(12-10-19)33-25-23(29)26(31)34-27(24(25)30)38-22-14-18(15-32)8-13-21(22)37-16-17-6-4-3-5-7-17/h3-8,13-14,19-20H,2,9-12,16H2,1H3,(H,33,34). The van der Waals surface area contributed by atoms with Crippen LogP contribution in [0.3, 0.4) is 0 Å². The third kappa shape index (κ3) is 6.35. The van der Waals surface area contributed by atoms with E-state index >= 15 is 4.39 Å². The molecule has 1 saturated carbocycles.